The van der Waals surface area contributed by atoms with Gasteiger partial charge in [-0.15, -0.1) is 0 Å². The molecule has 0 heterocycles. The molecule has 0 aliphatic rings. The number of rotatable bonds is 7. The first-order chi connectivity index (χ1) is 12.1. The van der Waals surface area contributed by atoms with Gasteiger partial charge in [0.2, 0.25) is 5.75 Å². The van der Waals surface area contributed by atoms with Crippen molar-refractivity contribution in [3.8, 4) is 17.2 Å². The maximum atomic E-state index is 12.0. The average Bonchev–Trinajstić information content (AvgIpc) is 2.66. The molecule has 0 amide bonds. The highest BCUT2D eigenvalue weighted by Gasteiger charge is 2.23. The molecule has 0 saturated carbocycles. The van der Waals surface area contributed by atoms with Crippen LogP contribution in [0.2, 0.25) is 0 Å². The summed E-state index contributed by atoms with van der Waals surface area (Å²) < 4.78 is 21.2. The predicted octanol–water partition coefficient (Wildman–Crippen LogP) is 3.33. The van der Waals surface area contributed by atoms with Crippen LogP contribution in [0.3, 0.4) is 0 Å². The van der Waals surface area contributed by atoms with E-state index in [1.54, 1.807) is 21.3 Å². The van der Waals surface area contributed by atoms with E-state index >= 15 is 0 Å². The molecule has 2 rings (SSSR count). The number of anilines is 2. The summed E-state index contributed by atoms with van der Waals surface area (Å²) in [4.78, 5) is 13.8. The van der Waals surface area contributed by atoms with Crippen molar-refractivity contribution in [3.63, 3.8) is 0 Å². The predicted molar refractivity (Wildman–Crippen MR) is 96.3 cm³/mol. The van der Waals surface area contributed by atoms with E-state index in [1.807, 2.05) is 48.2 Å². The summed E-state index contributed by atoms with van der Waals surface area (Å²) in [5.41, 5.74) is 2.45. The van der Waals surface area contributed by atoms with E-state index in [0.29, 0.717) is 17.2 Å². The van der Waals surface area contributed by atoms with Crippen LogP contribution in [0.5, 0.6) is 17.2 Å². The van der Waals surface area contributed by atoms with Crippen LogP contribution >= 0.6 is 0 Å². The molecule has 0 bridgehead atoms. The summed E-state index contributed by atoms with van der Waals surface area (Å²) >= 11 is 0. The van der Waals surface area contributed by atoms with Crippen molar-refractivity contribution in [1.29, 1.82) is 0 Å². The smallest absolute Gasteiger partial charge is 0.325 e. The third kappa shape index (κ3) is 3.79. The van der Waals surface area contributed by atoms with Gasteiger partial charge >= 0.3 is 5.97 Å². The first-order valence-corrected chi connectivity index (χ1v) is 7.76. The van der Waals surface area contributed by atoms with Gasteiger partial charge in [-0.3, -0.25) is 4.79 Å². The summed E-state index contributed by atoms with van der Waals surface area (Å²) in [6.45, 7) is 1.96. The Morgan fingerprint density at radius 1 is 0.960 bits per heavy atom. The van der Waals surface area contributed by atoms with Crippen LogP contribution in [0.25, 0.3) is 0 Å². The Kier molecular flexibility index (Phi) is 6.11. The molecule has 0 atom stereocenters. The molecular weight excluding hydrogens is 322 g/mol. The van der Waals surface area contributed by atoms with Crippen molar-refractivity contribution in [2.45, 2.75) is 6.92 Å². The Morgan fingerprint density at radius 2 is 1.60 bits per heavy atom. The van der Waals surface area contributed by atoms with Crippen molar-refractivity contribution >= 4 is 17.3 Å². The molecule has 2 aromatic carbocycles. The maximum absolute atomic E-state index is 12.0. The summed E-state index contributed by atoms with van der Waals surface area (Å²) in [6.07, 6.45) is 0. The lowest BCUT2D eigenvalue weighted by Crippen LogP contribution is -2.27. The van der Waals surface area contributed by atoms with Crippen molar-refractivity contribution < 1.29 is 23.7 Å². The summed E-state index contributed by atoms with van der Waals surface area (Å²) in [7, 11) is 6.06. The van der Waals surface area contributed by atoms with Crippen LogP contribution in [-0.4, -0.2) is 41.0 Å². The van der Waals surface area contributed by atoms with Gasteiger partial charge in [-0.05, 0) is 19.1 Å². The van der Waals surface area contributed by atoms with Gasteiger partial charge in [-0.1, -0.05) is 18.2 Å². The molecule has 0 aliphatic carbocycles. The number of methoxy groups -OCH3 is 4. The fourth-order valence-electron chi connectivity index (χ4n) is 2.68. The quantitative estimate of drug-likeness (QED) is 0.718. The van der Waals surface area contributed by atoms with Gasteiger partial charge in [0.05, 0.1) is 34.1 Å². The molecule has 0 fully saturated rings. The zero-order chi connectivity index (χ0) is 18.4. The fourth-order valence-corrected chi connectivity index (χ4v) is 2.68. The normalized spacial score (nSPS) is 10.1. The first-order valence-electron chi connectivity index (χ1n) is 7.76. The Balaban J connectivity index is 2.66. The molecule has 0 aliphatic heterocycles. The molecule has 25 heavy (non-hydrogen) atoms. The average molecular weight is 345 g/mol. The maximum Gasteiger partial charge on any atom is 0.325 e. The van der Waals surface area contributed by atoms with Gasteiger partial charge in [-0.25, -0.2) is 0 Å². The highest BCUT2D eigenvalue weighted by atomic mass is 16.5. The fraction of sp³-hybridized carbons (Fsp3) is 0.316. The Labute approximate surface area is 147 Å². The van der Waals surface area contributed by atoms with Gasteiger partial charge in [-0.2, -0.15) is 0 Å². The SMILES string of the molecule is COC(=O)CN(c1ccccc1)c1cc(OC)c(OC)c(OC)c1C. The van der Waals surface area contributed by atoms with Gasteiger partial charge in [0, 0.05) is 17.3 Å². The number of ether oxygens (including phenoxy) is 4. The topological polar surface area (TPSA) is 57.2 Å². The van der Waals surface area contributed by atoms with Gasteiger partial charge in [0.1, 0.15) is 6.54 Å². The first kappa shape index (κ1) is 18.4. The van der Waals surface area contributed by atoms with E-state index in [2.05, 4.69) is 0 Å². The Bertz CT molecular complexity index is 730. The second-order valence-corrected chi connectivity index (χ2v) is 5.29. The van der Waals surface area contributed by atoms with E-state index in [0.717, 1.165) is 16.9 Å². The Morgan fingerprint density at radius 3 is 2.12 bits per heavy atom. The van der Waals surface area contributed by atoms with Gasteiger partial charge in [0.15, 0.2) is 11.5 Å². The number of carbonyl (C=O) groups is 1. The van der Waals surface area contributed by atoms with E-state index in [9.17, 15) is 4.79 Å². The minimum absolute atomic E-state index is 0.0555. The third-order valence-electron chi connectivity index (χ3n) is 3.92. The molecule has 0 aromatic heterocycles. The van der Waals surface area contributed by atoms with Crippen molar-refractivity contribution in [3.05, 3.63) is 42.0 Å². The van der Waals surface area contributed by atoms with E-state index < -0.39 is 0 Å². The minimum atomic E-state index is -0.350. The Hall–Kier alpha value is -2.89. The molecular formula is C19H23NO5. The number of carbonyl (C=O) groups excluding carboxylic acids is 1. The van der Waals surface area contributed by atoms with Crippen LogP contribution in [0, 0.1) is 6.92 Å². The largest absolute Gasteiger partial charge is 0.493 e. The van der Waals surface area contributed by atoms with Crippen LogP contribution < -0.4 is 19.1 Å². The van der Waals surface area contributed by atoms with Crippen LogP contribution in [-0.2, 0) is 9.53 Å². The highest BCUT2D eigenvalue weighted by molar-refractivity contribution is 5.83. The van der Waals surface area contributed by atoms with Crippen LogP contribution in [0.15, 0.2) is 36.4 Å². The monoisotopic (exact) mass is 345 g/mol. The third-order valence-corrected chi connectivity index (χ3v) is 3.92. The zero-order valence-corrected chi connectivity index (χ0v) is 15.2. The molecule has 2 aromatic rings. The van der Waals surface area contributed by atoms with Crippen LogP contribution in [0.4, 0.5) is 11.4 Å². The molecule has 0 spiro atoms. The number of esters is 1. The number of para-hydroxylation sites is 1. The van der Waals surface area contributed by atoms with Gasteiger partial charge in [0.25, 0.3) is 0 Å². The van der Waals surface area contributed by atoms with Gasteiger partial charge < -0.3 is 23.8 Å². The van der Waals surface area contributed by atoms with E-state index in [-0.39, 0.29) is 12.5 Å². The highest BCUT2D eigenvalue weighted by Crippen LogP contribution is 2.46. The lowest BCUT2D eigenvalue weighted by Gasteiger charge is -2.27. The lowest BCUT2D eigenvalue weighted by molar-refractivity contribution is -0.138. The number of nitrogens with zero attached hydrogens (tertiary/aromatic N) is 1. The lowest BCUT2D eigenvalue weighted by atomic mass is 10.1. The van der Waals surface area contributed by atoms with Crippen molar-refractivity contribution in [2.75, 3.05) is 39.9 Å². The standard InChI is InChI=1S/C19H23NO5/c1-13-15(11-16(22-2)19(25-5)18(13)24-4)20(12-17(21)23-3)14-9-7-6-8-10-14/h6-11H,12H2,1-5H3. The summed E-state index contributed by atoms with van der Waals surface area (Å²) in [5.74, 6) is 1.24. The molecule has 0 radical (unpaired) electrons. The number of hydrogen-bond donors (Lipinski definition) is 0. The van der Waals surface area contributed by atoms with E-state index in [4.69, 9.17) is 18.9 Å². The number of benzene rings is 2. The molecule has 6 heteroatoms. The minimum Gasteiger partial charge on any atom is -0.493 e. The number of hydrogen-bond acceptors (Lipinski definition) is 6. The molecule has 0 N–H and O–H groups in total. The zero-order valence-electron chi connectivity index (χ0n) is 15.2. The summed E-state index contributed by atoms with van der Waals surface area (Å²) in [5, 5.41) is 0. The second kappa shape index (κ2) is 8.28. The van der Waals surface area contributed by atoms with Crippen molar-refractivity contribution in [1.82, 2.24) is 0 Å². The summed E-state index contributed by atoms with van der Waals surface area (Å²) in [6, 6.07) is 11.4. The van der Waals surface area contributed by atoms with Crippen LogP contribution in [0.1, 0.15) is 5.56 Å². The molecule has 0 unspecified atom stereocenters. The molecule has 6 nitrogen and oxygen atoms in total. The van der Waals surface area contributed by atoms with Crippen molar-refractivity contribution in [2.24, 2.45) is 0 Å². The van der Waals surface area contributed by atoms with E-state index in [1.165, 1.54) is 7.11 Å². The second-order valence-electron chi connectivity index (χ2n) is 5.29. The molecule has 0 saturated heterocycles. The molecule has 134 valence electrons.